The van der Waals surface area contributed by atoms with E-state index >= 15 is 0 Å². The van der Waals surface area contributed by atoms with Crippen molar-refractivity contribution in [3.05, 3.63) is 65.7 Å². The number of methoxy groups -OCH3 is 1. The predicted molar refractivity (Wildman–Crippen MR) is 88.4 cm³/mol. The fourth-order valence-electron chi connectivity index (χ4n) is 2.62. The highest BCUT2D eigenvalue weighted by molar-refractivity contribution is 6.02. The number of hydrogen-bond donors (Lipinski definition) is 2. The zero-order chi connectivity index (χ0) is 16.4. The molecular formula is C19H16O4. The fourth-order valence-corrected chi connectivity index (χ4v) is 2.62. The van der Waals surface area contributed by atoms with Crippen molar-refractivity contribution in [2.24, 2.45) is 0 Å². The standard InChI is InChI=1S/C19H16O4/c1-23-19(22)13-4-2-12(3-5-13)14-6-8-16-15(10-14)7-9-18(21)17(16)11-20/h2-11,19,21-22H,1H3. The lowest BCUT2D eigenvalue weighted by molar-refractivity contribution is -0.0769. The van der Waals surface area contributed by atoms with Crippen molar-refractivity contribution in [2.45, 2.75) is 6.29 Å². The molecule has 2 N–H and O–H groups in total. The summed E-state index contributed by atoms with van der Waals surface area (Å²) >= 11 is 0. The molecule has 0 aliphatic carbocycles. The summed E-state index contributed by atoms with van der Waals surface area (Å²) in [5.41, 5.74) is 2.95. The van der Waals surface area contributed by atoms with E-state index in [1.165, 1.54) is 13.2 Å². The number of hydrogen-bond acceptors (Lipinski definition) is 4. The Balaban J connectivity index is 2.04. The van der Waals surface area contributed by atoms with Crippen LogP contribution < -0.4 is 0 Å². The first-order valence-corrected chi connectivity index (χ1v) is 7.16. The Bertz CT molecular complexity index is 853. The van der Waals surface area contributed by atoms with Crippen LogP contribution >= 0.6 is 0 Å². The monoisotopic (exact) mass is 308 g/mol. The van der Waals surface area contributed by atoms with E-state index in [0.717, 1.165) is 21.9 Å². The second-order valence-corrected chi connectivity index (χ2v) is 5.26. The Morgan fingerprint density at radius 3 is 2.35 bits per heavy atom. The number of phenolic OH excluding ortho intramolecular Hbond substituents is 1. The van der Waals surface area contributed by atoms with Gasteiger partial charge in [-0.2, -0.15) is 0 Å². The van der Waals surface area contributed by atoms with Crippen LogP contribution in [0.1, 0.15) is 22.2 Å². The molecule has 0 heterocycles. The molecule has 0 saturated heterocycles. The number of benzene rings is 3. The highest BCUT2D eigenvalue weighted by atomic mass is 16.6. The molecule has 3 rings (SSSR count). The number of aliphatic hydroxyl groups is 1. The quantitative estimate of drug-likeness (QED) is 0.570. The Kier molecular flexibility index (Phi) is 4.10. The van der Waals surface area contributed by atoms with Crippen molar-refractivity contribution in [2.75, 3.05) is 7.11 Å². The third kappa shape index (κ3) is 2.82. The molecule has 0 aliphatic rings. The number of aromatic hydroxyl groups is 1. The summed E-state index contributed by atoms with van der Waals surface area (Å²) in [6.07, 6.45) is -0.267. The molecule has 0 amide bonds. The summed E-state index contributed by atoms with van der Waals surface area (Å²) in [4.78, 5) is 11.1. The molecule has 0 aromatic heterocycles. The number of ether oxygens (including phenoxy) is 1. The second kappa shape index (κ2) is 6.20. The number of aldehydes is 1. The number of rotatable bonds is 4. The molecule has 4 nitrogen and oxygen atoms in total. The van der Waals surface area contributed by atoms with Gasteiger partial charge in [0.1, 0.15) is 5.75 Å². The summed E-state index contributed by atoms with van der Waals surface area (Å²) < 4.78 is 4.87. The molecule has 0 spiro atoms. The predicted octanol–water partition coefficient (Wildman–Crippen LogP) is 3.66. The molecule has 0 radical (unpaired) electrons. The molecule has 0 bridgehead atoms. The van der Waals surface area contributed by atoms with Crippen molar-refractivity contribution in [3.63, 3.8) is 0 Å². The fraction of sp³-hybridized carbons (Fsp3) is 0.105. The minimum atomic E-state index is -0.932. The highest BCUT2D eigenvalue weighted by Crippen LogP contribution is 2.30. The van der Waals surface area contributed by atoms with Gasteiger partial charge in [0.25, 0.3) is 0 Å². The van der Waals surface area contributed by atoms with Crippen molar-refractivity contribution >= 4 is 17.1 Å². The SMILES string of the molecule is COC(O)c1ccc(-c2ccc3c(C=O)c(O)ccc3c2)cc1. The third-order valence-electron chi connectivity index (χ3n) is 3.91. The molecule has 3 aromatic rings. The van der Waals surface area contributed by atoms with Crippen LogP contribution in [0.25, 0.3) is 21.9 Å². The van der Waals surface area contributed by atoms with E-state index in [4.69, 9.17) is 4.74 Å². The number of carbonyl (C=O) groups is 1. The van der Waals surface area contributed by atoms with Gasteiger partial charge in [0, 0.05) is 12.7 Å². The minimum absolute atomic E-state index is 0.0156. The number of phenols is 1. The van der Waals surface area contributed by atoms with E-state index in [-0.39, 0.29) is 5.75 Å². The molecule has 0 fully saturated rings. The van der Waals surface area contributed by atoms with Crippen LogP contribution in [0.15, 0.2) is 54.6 Å². The van der Waals surface area contributed by atoms with E-state index in [1.807, 2.05) is 30.3 Å². The van der Waals surface area contributed by atoms with Gasteiger partial charge in [-0.25, -0.2) is 0 Å². The molecule has 4 heteroatoms. The maximum atomic E-state index is 11.1. The molecule has 0 saturated carbocycles. The van der Waals surface area contributed by atoms with E-state index < -0.39 is 6.29 Å². The lowest BCUT2D eigenvalue weighted by Crippen LogP contribution is -1.98. The Morgan fingerprint density at radius 1 is 1.00 bits per heavy atom. The van der Waals surface area contributed by atoms with E-state index in [9.17, 15) is 15.0 Å². The van der Waals surface area contributed by atoms with Crippen molar-refractivity contribution in [1.29, 1.82) is 0 Å². The summed E-state index contributed by atoms with van der Waals surface area (Å²) in [6.45, 7) is 0. The van der Waals surface area contributed by atoms with E-state index in [0.29, 0.717) is 17.4 Å². The summed E-state index contributed by atoms with van der Waals surface area (Å²) in [5, 5.41) is 21.0. The van der Waals surface area contributed by atoms with Crippen molar-refractivity contribution in [3.8, 4) is 16.9 Å². The minimum Gasteiger partial charge on any atom is -0.507 e. The average molecular weight is 308 g/mol. The van der Waals surface area contributed by atoms with Gasteiger partial charge < -0.3 is 14.9 Å². The molecule has 0 aliphatic heterocycles. The van der Waals surface area contributed by atoms with Crippen molar-refractivity contribution < 1.29 is 19.7 Å². The summed E-state index contributed by atoms with van der Waals surface area (Å²) in [5.74, 6) is -0.0156. The van der Waals surface area contributed by atoms with Crippen LogP contribution in [0.3, 0.4) is 0 Å². The zero-order valence-electron chi connectivity index (χ0n) is 12.6. The molecule has 1 unspecified atom stereocenters. The first-order valence-electron chi connectivity index (χ1n) is 7.16. The van der Waals surface area contributed by atoms with E-state index in [2.05, 4.69) is 0 Å². The van der Waals surface area contributed by atoms with Crippen LogP contribution in [0.5, 0.6) is 5.75 Å². The first kappa shape index (κ1) is 15.2. The van der Waals surface area contributed by atoms with Gasteiger partial charge in [-0.1, -0.05) is 42.5 Å². The maximum Gasteiger partial charge on any atom is 0.180 e. The smallest absolute Gasteiger partial charge is 0.180 e. The van der Waals surface area contributed by atoms with Crippen LogP contribution in [0.4, 0.5) is 0 Å². The Labute approximate surface area is 133 Å². The topological polar surface area (TPSA) is 66.8 Å². The van der Waals surface area contributed by atoms with Crippen LogP contribution in [-0.2, 0) is 4.74 Å². The molecule has 116 valence electrons. The van der Waals surface area contributed by atoms with Gasteiger partial charge >= 0.3 is 0 Å². The molecule has 23 heavy (non-hydrogen) atoms. The lowest BCUT2D eigenvalue weighted by Gasteiger charge is -2.10. The average Bonchev–Trinajstić information content (AvgIpc) is 2.60. The summed E-state index contributed by atoms with van der Waals surface area (Å²) in [7, 11) is 1.45. The third-order valence-corrected chi connectivity index (χ3v) is 3.91. The maximum absolute atomic E-state index is 11.1. The molecule has 1 atom stereocenters. The highest BCUT2D eigenvalue weighted by Gasteiger charge is 2.09. The van der Waals surface area contributed by atoms with Crippen LogP contribution in [0.2, 0.25) is 0 Å². The van der Waals surface area contributed by atoms with Gasteiger partial charge in [0.15, 0.2) is 12.6 Å². The number of fused-ring (bicyclic) bond motifs is 1. The van der Waals surface area contributed by atoms with Gasteiger partial charge in [-0.3, -0.25) is 4.79 Å². The van der Waals surface area contributed by atoms with E-state index in [1.54, 1.807) is 18.2 Å². The molecule has 3 aromatic carbocycles. The number of carbonyl (C=O) groups excluding carboxylic acids is 1. The summed E-state index contributed by atoms with van der Waals surface area (Å²) in [6, 6.07) is 16.4. The van der Waals surface area contributed by atoms with Gasteiger partial charge in [0.05, 0.1) is 5.56 Å². The Hall–Kier alpha value is -2.69. The lowest BCUT2D eigenvalue weighted by atomic mass is 9.98. The van der Waals surface area contributed by atoms with Gasteiger partial charge in [-0.15, -0.1) is 0 Å². The van der Waals surface area contributed by atoms with Crippen LogP contribution in [-0.4, -0.2) is 23.6 Å². The van der Waals surface area contributed by atoms with Gasteiger partial charge in [0.2, 0.25) is 0 Å². The first-order chi connectivity index (χ1) is 11.1. The largest absolute Gasteiger partial charge is 0.507 e. The Morgan fingerprint density at radius 2 is 1.70 bits per heavy atom. The normalized spacial score (nSPS) is 12.3. The van der Waals surface area contributed by atoms with Crippen LogP contribution in [0, 0.1) is 0 Å². The zero-order valence-corrected chi connectivity index (χ0v) is 12.6. The number of aliphatic hydroxyl groups excluding tert-OH is 1. The second-order valence-electron chi connectivity index (χ2n) is 5.26. The van der Waals surface area contributed by atoms with Gasteiger partial charge in [-0.05, 0) is 34.0 Å². The molecular weight excluding hydrogens is 292 g/mol. The van der Waals surface area contributed by atoms with Crippen molar-refractivity contribution in [1.82, 2.24) is 0 Å².